The van der Waals surface area contributed by atoms with Gasteiger partial charge in [-0.25, -0.2) is 4.98 Å². The van der Waals surface area contributed by atoms with Gasteiger partial charge in [0, 0.05) is 61.1 Å². The number of imide groups is 2. The molecule has 5 aromatic rings. The molecule has 3 aliphatic rings. The second-order valence-corrected chi connectivity index (χ2v) is 16.4. The number of anilines is 3. The maximum absolute atomic E-state index is 13.3. The van der Waals surface area contributed by atoms with Gasteiger partial charge in [0.15, 0.2) is 0 Å². The third-order valence-corrected chi connectivity index (χ3v) is 11.6. The van der Waals surface area contributed by atoms with E-state index in [0.29, 0.717) is 91.9 Å². The van der Waals surface area contributed by atoms with E-state index < -0.39 is 47.3 Å². The number of amides is 6. The normalized spacial score (nSPS) is 16.1. The van der Waals surface area contributed by atoms with Crippen molar-refractivity contribution in [1.82, 2.24) is 35.2 Å². The van der Waals surface area contributed by atoms with Crippen molar-refractivity contribution >= 4 is 52.5 Å². The van der Waals surface area contributed by atoms with Gasteiger partial charge in [-0.3, -0.25) is 48.6 Å². The molecule has 6 heterocycles. The van der Waals surface area contributed by atoms with Crippen LogP contribution in [0, 0.1) is 6.92 Å². The first kappa shape index (κ1) is 47.9. The lowest BCUT2D eigenvalue weighted by molar-refractivity contribution is -0.138. The first-order valence-corrected chi connectivity index (χ1v) is 22.3. The monoisotopic (exact) mass is 952 g/mol. The number of carbonyl (C=O) groups excluding carboxylic acids is 6. The van der Waals surface area contributed by atoms with Gasteiger partial charge in [0.1, 0.15) is 24.0 Å². The Morgan fingerprint density at radius 1 is 0.913 bits per heavy atom. The van der Waals surface area contributed by atoms with Crippen LogP contribution in [-0.2, 0) is 43.2 Å². The summed E-state index contributed by atoms with van der Waals surface area (Å²) in [6.07, 6.45) is 2.38. The van der Waals surface area contributed by atoms with Gasteiger partial charge in [0.25, 0.3) is 17.7 Å². The first-order valence-electron chi connectivity index (χ1n) is 22.3. The molecule has 2 saturated heterocycles. The molecule has 0 radical (unpaired) electrons. The van der Waals surface area contributed by atoms with Gasteiger partial charge >= 0.3 is 6.18 Å². The fraction of sp³-hybridized carbons (Fsp3) is 0.362. The number of aryl methyl sites for hydroxylation is 2. The molecule has 19 nitrogen and oxygen atoms in total. The highest BCUT2D eigenvalue weighted by Gasteiger charge is 2.45. The van der Waals surface area contributed by atoms with Gasteiger partial charge in [-0.05, 0) is 68.7 Å². The molecule has 2 fully saturated rings. The number of hydrogen-bond donors (Lipinski definition) is 3. The average Bonchev–Trinajstić information content (AvgIpc) is 3.90. The summed E-state index contributed by atoms with van der Waals surface area (Å²) in [5, 5.41) is 15.9. The van der Waals surface area contributed by atoms with Crippen LogP contribution in [0.1, 0.15) is 86.6 Å². The Kier molecular flexibility index (Phi) is 14.7. The van der Waals surface area contributed by atoms with Gasteiger partial charge in [-0.2, -0.15) is 13.2 Å². The molecule has 8 rings (SSSR count). The number of nitrogens with one attached hydrogen (secondary N) is 3. The summed E-state index contributed by atoms with van der Waals surface area (Å²) in [6.45, 7) is 5.11. The largest absolute Gasteiger partial charge is 0.474 e. The van der Waals surface area contributed by atoms with Crippen LogP contribution in [0.5, 0.6) is 5.88 Å². The van der Waals surface area contributed by atoms with Crippen molar-refractivity contribution in [2.45, 2.75) is 70.8 Å². The highest BCUT2D eigenvalue weighted by atomic mass is 19.4. The number of benzene rings is 2. The van der Waals surface area contributed by atoms with E-state index in [1.807, 2.05) is 6.07 Å². The number of ether oxygens (including phenoxy) is 3. The predicted molar refractivity (Wildman–Crippen MR) is 240 cm³/mol. The second-order valence-electron chi connectivity index (χ2n) is 16.4. The molecular formula is C47H47F3N10O9. The zero-order valence-corrected chi connectivity index (χ0v) is 37.3. The molecule has 6 amide bonds. The van der Waals surface area contributed by atoms with Crippen molar-refractivity contribution in [3.8, 4) is 17.0 Å². The van der Waals surface area contributed by atoms with Gasteiger partial charge in [-0.1, -0.05) is 23.8 Å². The summed E-state index contributed by atoms with van der Waals surface area (Å²) in [5.74, 6) is -3.20. The molecule has 3 N–H and O–H groups in total. The Labute approximate surface area is 392 Å². The van der Waals surface area contributed by atoms with Gasteiger partial charge < -0.3 is 29.7 Å². The van der Waals surface area contributed by atoms with Crippen LogP contribution in [0.4, 0.5) is 30.2 Å². The third-order valence-electron chi connectivity index (χ3n) is 11.6. The average molecular weight is 953 g/mol. The lowest BCUT2D eigenvalue weighted by atomic mass is 10.0. The summed E-state index contributed by atoms with van der Waals surface area (Å²) in [4.78, 5) is 88.3. The lowest BCUT2D eigenvalue weighted by Crippen LogP contribution is -2.54. The van der Waals surface area contributed by atoms with Crippen molar-refractivity contribution in [2.24, 2.45) is 0 Å². The van der Waals surface area contributed by atoms with E-state index in [9.17, 15) is 41.9 Å². The van der Waals surface area contributed by atoms with Gasteiger partial charge in [-0.15, -0.1) is 5.10 Å². The Bertz CT molecular complexity index is 2780. The van der Waals surface area contributed by atoms with Crippen LogP contribution in [0.3, 0.4) is 0 Å². The summed E-state index contributed by atoms with van der Waals surface area (Å²) >= 11 is 0. The summed E-state index contributed by atoms with van der Waals surface area (Å²) in [6, 6.07) is 11.2. The lowest BCUT2D eigenvalue weighted by Gasteiger charge is -2.30. The number of nitrogens with zero attached hydrogens (tertiary/aromatic N) is 7. The highest BCUT2D eigenvalue weighted by molar-refractivity contribution is 6.26. The van der Waals surface area contributed by atoms with Crippen LogP contribution < -0.4 is 25.6 Å². The summed E-state index contributed by atoms with van der Waals surface area (Å²) in [5.41, 5.74) is 2.80. The molecule has 69 heavy (non-hydrogen) atoms. The Morgan fingerprint density at radius 2 is 1.72 bits per heavy atom. The molecule has 1 atom stereocenters. The molecule has 22 heteroatoms. The smallest absolute Gasteiger partial charge is 0.416 e. The van der Waals surface area contributed by atoms with Gasteiger partial charge in [0.2, 0.25) is 23.6 Å². The van der Waals surface area contributed by atoms with E-state index in [2.05, 4.69) is 41.1 Å². The van der Waals surface area contributed by atoms with E-state index in [4.69, 9.17) is 14.2 Å². The van der Waals surface area contributed by atoms with Gasteiger partial charge in [0.05, 0.1) is 66.9 Å². The third kappa shape index (κ3) is 11.4. The van der Waals surface area contributed by atoms with Crippen molar-refractivity contribution in [3.05, 3.63) is 107 Å². The van der Waals surface area contributed by atoms with Crippen LogP contribution in [-0.4, -0.2) is 111 Å². The molecular weight excluding hydrogens is 906 g/mol. The Morgan fingerprint density at radius 3 is 2.52 bits per heavy atom. The van der Waals surface area contributed by atoms with Crippen LogP contribution in [0.2, 0.25) is 0 Å². The Hall–Kier alpha value is -7.59. The van der Waals surface area contributed by atoms with Crippen molar-refractivity contribution < 1.29 is 56.1 Å². The van der Waals surface area contributed by atoms with Crippen LogP contribution in [0.25, 0.3) is 11.1 Å². The fourth-order valence-corrected chi connectivity index (χ4v) is 8.12. The molecule has 3 aromatic heterocycles. The molecule has 3 aliphatic heterocycles. The number of pyridine rings is 2. The number of morpholine rings is 1. The van der Waals surface area contributed by atoms with E-state index in [0.717, 1.165) is 17.0 Å². The minimum Gasteiger partial charge on any atom is -0.474 e. The first-order chi connectivity index (χ1) is 33.2. The quantitative estimate of drug-likeness (QED) is 0.0744. The minimum atomic E-state index is -4.59. The molecule has 2 aromatic carbocycles. The van der Waals surface area contributed by atoms with E-state index in [1.165, 1.54) is 30.5 Å². The van der Waals surface area contributed by atoms with E-state index in [1.54, 1.807) is 36.1 Å². The number of alkyl halides is 3. The molecule has 0 saturated carbocycles. The highest BCUT2D eigenvalue weighted by Crippen LogP contribution is 2.35. The number of fused-ring (bicyclic) bond motifs is 1. The number of hydrogen-bond acceptors (Lipinski definition) is 14. The minimum absolute atomic E-state index is 0.00125. The summed E-state index contributed by atoms with van der Waals surface area (Å²) < 4.78 is 59.0. The van der Waals surface area contributed by atoms with Crippen molar-refractivity contribution in [1.29, 1.82) is 0 Å². The van der Waals surface area contributed by atoms with Crippen molar-refractivity contribution in [3.63, 3.8) is 0 Å². The maximum Gasteiger partial charge on any atom is 0.416 e. The van der Waals surface area contributed by atoms with E-state index >= 15 is 0 Å². The molecule has 1 unspecified atom stereocenters. The number of rotatable bonds is 18. The Balaban J connectivity index is 0.782. The number of carbonyl (C=O) groups is 6. The standard InChI is InChI=1S/C47H47F3N10O9/c1-28-35(23-32(25-51-28)53-42(63)29-7-5-8-31(21-29)47(48,49)50)30-22-38(58-15-17-67-18-16-58)44(52-24-30)69-20-19-68-27-33-26-59(57-56-33)14-4-2-3-11-39(61)54-36-10-6-9-34-41(36)46(66)60(45(34)65)37-12-13-40(62)55-43(37)64/h5-10,21-26,37H,2-4,11-20,27H2,1H3,(H,53,63)(H,54,61)(H,55,62,64). The number of unbranched alkanes of at least 4 members (excludes halogenated alkanes) is 2. The van der Waals surface area contributed by atoms with Crippen molar-refractivity contribution in [2.75, 3.05) is 55.1 Å². The molecule has 360 valence electrons. The summed E-state index contributed by atoms with van der Waals surface area (Å²) in [7, 11) is 0. The number of halogens is 3. The number of piperidine rings is 1. The predicted octanol–water partition coefficient (Wildman–Crippen LogP) is 5.35. The van der Waals surface area contributed by atoms with Crippen LogP contribution >= 0.6 is 0 Å². The molecule has 0 aliphatic carbocycles. The van der Waals surface area contributed by atoms with E-state index in [-0.39, 0.29) is 67.4 Å². The number of aromatic nitrogens is 5. The van der Waals surface area contributed by atoms with Crippen LogP contribution in [0.15, 0.2) is 73.2 Å². The topological polar surface area (TPSA) is 229 Å². The maximum atomic E-state index is 13.3. The SMILES string of the molecule is Cc1ncc(NC(=O)c2cccc(C(F)(F)F)c2)cc1-c1cnc(OCCOCc2cn(CCCCCC(=O)Nc3cccc4c3C(=O)N(C3CCC(=O)NC3=O)C4=O)nn2)c(N2CCOCC2)c1. The zero-order valence-electron chi connectivity index (χ0n) is 37.3. The molecule has 0 bridgehead atoms. The fourth-order valence-electron chi connectivity index (χ4n) is 8.12. The zero-order chi connectivity index (χ0) is 48.7. The molecule has 0 spiro atoms. The second kappa shape index (κ2) is 21.1.